The monoisotopic (exact) mass is 345 g/mol. The molecule has 4 rings (SSSR count). The van der Waals surface area contributed by atoms with Crippen molar-refractivity contribution >= 4 is 17.2 Å². The largest absolute Gasteiger partial charge is 0.344 e. The summed E-state index contributed by atoms with van der Waals surface area (Å²) in [6, 6.07) is 0.401. The van der Waals surface area contributed by atoms with E-state index in [1.165, 1.54) is 42.7 Å². The van der Waals surface area contributed by atoms with Gasteiger partial charge in [0, 0.05) is 4.88 Å². The van der Waals surface area contributed by atoms with E-state index in [1.807, 2.05) is 4.68 Å². The third kappa shape index (κ3) is 3.36. The SMILES string of the molecule is O=C(NCc1nc2c(s1)CCCC2)c1cn(C2CCCCC2)nn1. The lowest BCUT2D eigenvalue weighted by atomic mass is 9.96. The number of carbonyl (C=O) groups is 1. The second kappa shape index (κ2) is 7.01. The Morgan fingerprint density at radius 1 is 1.21 bits per heavy atom. The zero-order valence-corrected chi connectivity index (χ0v) is 14.6. The Morgan fingerprint density at radius 3 is 2.88 bits per heavy atom. The minimum Gasteiger partial charge on any atom is -0.344 e. The van der Waals surface area contributed by atoms with Crippen LogP contribution in [0.2, 0.25) is 0 Å². The molecule has 128 valence electrons. The first kappa shape index (κ1) is 15.7. The fourth-order valence-electron chi connectivity index (χ4n) is 3.63. The second-order valence-corrected chi connectivity index (χ2v) is 7.91. The van der Waals surface area contributed by atoms with E-state index in [0.717, 1.165) is 30.7 Å². The van der Waals surface area contributed by atoms with Crippen LogP contribution in [0.25, 0.3) is 0 Å². The van der Waals surface area contributed by atoms with Gasteiger partial charge in [0.25, 0.3) is 5.91 Å². The summed E-state index contributed by atoms with van der Waals surface area (Å²) in [5.74, 6) is -0.162. The van der Waals surface area contributed by atoms with Gasteiger partial charge in [0.1, 0.15) is 5.01 Å². The number of hydrogen-bond donors (Lipinski definition) is 1. The Bertz CT molecular complexity index is 693. The van der Waals surface area contributed by atoms with Crippen LogP contribution < -0.4 is 5.32 Å². The van der Waals surface area contributed by atoms with E-state index in [0.29, 0.717) is 18.3 Å². The van der Waals surface area contributed by atoms with Gasteiger partial charge in [-0.25, -0.2) is 9.67 Å². The summed E-state index contributed by atoms with van der Waals surface area (Å²) in [5, 5.41) is 12.1. The molecule has 2 aliphatic rings. The number of hydrogen-bond acceptors (Lipinski definition) is 5. The van der Waals surface area contributed by atoms with Gasteiger partial charge >= 0.3 is 0 Å². The van der Waals surface area contributed by atoms with Crippen LogP contribution in [0, 0.1) is 0 Å². The zero-order chi connectivity index (χ0) is 16.4. The highest BCUT2D eigenvalue weighted by Gasteiger charge is 2.20. The van der Waals surface area contributed by atoms with Crippen LogP contribution >= 0.6 is 11.3 Å². The van der Waals surface area contributed by atoms with Crippen molar-refractivity contribution in [1.29, 1.82) is 0 Å². The molecule has 1 saturated carbocycles. The molecule has 0 atom stereocenters. The van der Waals surface area contributed by atoms with Crippen LogP contribution in [-0.2, 0) is 19.4 Å². The molecule has 1 fully saturated rings. The van der Waals surface area contributed by atoms with E-state index in [-0.39, 0.29) is 5.91 Å². The Morgan fingerprint density at radius 2 is 2.04 bits per heavy atom. The first-order chi connectivity index (χ1) is 11.8. The number of carbonyl (C=O) groups excluding carboxylic acids is 1. The quantitative estimate of drug-likeness (QED) is 0.924. The Labute approximate surface area is 145 Å². The topological polar surface area (TPSA) is 72.7 Å². The van der Waals surface area contributed by atoms with E-state index in [4.69, 9.17) is 0 Å². The molecule has 1 N–H and O–H groups in total. The van der Waals surface area contributed by atoms with Gasteiger partial charge in [-0.2, -0.15) is 0 Å². The van der Waals surface area contributed by atoms with Crippen molar-refractivity contribution in [3.63, 3.8) is 0 Å². The highest BCUT2D eigenvalue weighted by Crippen LogP contribution is 2.28. The standard InChI is InChI=1S/C17H23N5OS/c23-17(14-11-22(21-20-14)12-6-2-1-3-7-12)18-10-16-19-13-8-4-5-9-15(13)24-16/h11-12H,1-10H2,(H,18,23). The van der Waals surface area contributed by atoms with Crippen molar-refractivity contribution in [2.24, 2.45) is 0 Å². The molecule has 0 bridgehead atoms. The molecule has 0 radical (unpaired) electrons. The molecule has 2 aromatic rings. The van der Waals surface area contributed by atoms with Gasteiger partial charge in [0.2, 0.25) is 0 Å². The predicted molar refractivity (Wildman–Crippen MR) is 92.1 cm³/mol. The Kier molecular flexibility index (Phi) is 4.60. The van der Waals surface area contributed by atoms with Gasteiger partial charge in [-0.15, -0.1) is 16.4 Å². The molecule has 2 aromatic heterocycles. The lowest BCUT2D eigenvalue weighted by Gasteiger charge is -2.20. The number of fused-ring (bicyclic) bond motifs is 1. The average molecular weight is 345 g/mol. The highest BCUT2D eigenvalue weighted by atomic mass is 32.1. The summed E-state index contributed by atoms with van der Waals surface area (Å²) in [7, 11) is 0. The van der Waals surface area contributed by atoms with E-state index < -0.39 is 0 Å². The number of rotatable bonds is 4. The van der Waals surface area contributed by atoms with Crippen LogP contribution in [-0.4, -0.2) is 25.9 Å². The minimum absolute atomic E-state index is 0.162. The lowest BCUT2D eigenvalue weighted by molar-refractivity contribution is 0.0945. The van der Waals surface area contributed by atoms with Gasteiger partial charge in [-0.3, -0.25) is 4.79 Å². The van der Waals surface area contributed by atoms with Crippen LogP contribution in [0.3, 0.4) is 0 Å². The van der Waals surface area contributed by atoms with E-state index in [2.05, 4.69) is 20.6 Å². The number of aromatic nitrogens is 4. The Balaban J connectivity index is 1.36. The molecular formula is C17H23N5OS. The number of amides is 1. The number of nitrogens with zero attached hydrogens (tertiary/aromatic N) is 4. The second-order valence-electron chi connectivity index (χ2n) is 6.74. The first-order valence-corrected chi connectivity index (χ1v) is 9.79. The molecule has 7 heteroatoms. The maximum Gasteiger partial charge on any atom is 0.273 e. The lowest BCUT2D eigenvalue weighted by Crippen LogP contribution is -2.23. The third-order valence-corrected chi connectivity index (χ3v) is 6.14. The van der Waals surface area contributed by atoms with E-state index in [9.17, 15) is 4.79 Å². The van der Waals surface area contributed by atoms with Crippen molar-refractivity contribution in [3.8, 4) is 0 Å². The zero-order valence-electron chi connectivity index (χ0n) is 13.8. The fraction of sp³-hybridized carbons (Fsp3) is 0.647. The summed E-state index contributed by atoms with van der Waals surface area (Å²) >= 11 is 1.73. The summed E-state index contributed by atoms with van der Waals surface area (Å²) in [4.78, 5) is 18.4. The van der Waals surface area contributed by atoms with Crippen molar-refractivity contribution < 1.29 is 4.79 Å². The molecule has 0 unspecified atom stereocenters. The highest BCUT2D eigenvalue weighted by molar-refractivity contribution is 7.11. The smallest absolute Gasteiger partial charge is 0.273 e. The van der Waals surface area contributed by atoms with Crippen molar-refractivity contribution in [2.45, 2.75) is 70.4 Å². The number of aryl methyl sites for hydroxylation is 2. The van der Waals surface area contributed by atoms with Crippen LogP contribution in [0.4, 0.5) is 0 Å². The maximum atomic E-state index is 12.3. The molecule has 0 aliphatic heterocycles. The molecule has 0 spiro atoms. The molecule has 0 aromatic carbocycles. The molecule has 1 amide bonds. The molecule has 0 saturated heterocycles. The van der Waals surface area contributed by atoms with Crippen LogP contribution in [0.5, 0.6) is 0 Å². The van der Waals surface area contributed by atoms with Crippen LogP contribution in [0.15, 0.2) is 6.20 Å². The predicted octanol–water partition coefficient (Wildman–Crippen LogP) is 3.05. The molecule has 2 aliphatic carbocycles. The number of thiazole rings is 1. The summed E-state index contributed by atoms with van der Waals surface area (Å²) in [6.45, 7) is 0.479. The van der Waals surface area contributed by atoms with E-state index >= 15 is 0 Å². The minimum atomic E-state index is -0.162. The fourth-order valence-corrected chi connectivity index (χ4v) is 4.73. The molecule has 24 heavy (non-hydrogen) atoms. The average Bonchev–Trinajstić information content (AvgIpc) is 3.27. The van der Waals surface area contributed by atoms with Gasteiger partial charge in [-0.1, -0.05) is 24.5 Å². The van der Waals surface area contributed by atoms with Gasteiger partial charge in [-0.05, 0) is 38.5 Å². The third-order valence-electron chi connectivity index (χ3n) is 4.98. The molecule has 6 nitrogen and oxygen atoms in total. The summed E-state index contributed by atoms with van der Waals surface area (Å²) in [6.07, 6.45) is 12.5. The van der Waals surface area contributed by atoms with E-state index in [1.54, 1.807) is 17.5 Å². The van der Waals surface area contributed by atoms with Gasteiger partial charge in [0.15, 0.2) is 5.69 Å². The molecule has 2 heterocycles. The normalized spacial score (nSPS) is 18.3. The van der Waals surface area contributed by atoms with Crippen LogP contribution in [0.1, 0.15) is 77.1 Å². The first-order valence-electron chi connectivity index (χ1n) is 8.97. The summed E-state index contributed by atoms with van der Waals surface area (Å²) in [5.41, 5.74) is 1.64. The Hall–Kier alpha value is -1.76. The van der Waals surface area contributed by atoms with Gasteiger partial charge in [0.05, 0.1) is 24.5 Å². The van der Waals surface area contributed by atoms with Gasteiger partial charge < -0.3 is 5.32 Å². The van der Waals surface area contributed by atoms with Crippen molar-refractivity contribution in [3.05, 3.63) is 27.5 Å². The van der Waals surface area contributed by atoms with Crippen molar-refractivity contribution in [1.82, 2.24) is 25.3 Å². The number of nitrogens with one attached hydrogen (secondary N) is 1. The summed E-state index contributed by atoms with van der Waals surface area (Å²) < 4.78 is 1.87. The van der Waals surface area contributed by atoms with Crippen molar-refractivity contribution in [2.75, 3.05) is 0 Å². The molecular weight excluding hydrogens is 322 g/mol. The maximum absolute atomic E-state index is 12.3.